The van der Waals surface area contributed by atoms with Gasteiger partial charge in [-0.15, -0.1) is 0 Å². The molecule has 2 aromatic rings. The van der Waals surface area contributed by atoms with Crippen LogP contribution >= 0.6 is 0 Å². The van der Waals surface area contributed by atoms with E-state index in [2.05, 4.69) is 10.6 Å². The number of hydrogen-bond acceptors (Lipinski definition) is 4. The Kier molecular flexibility index (Phi) is 6.71. The first-order chi connectivity index (χ1) is 12.1. The van der Waals surface area contributed by atoms with Crippen molar-refractivity contribution in [3.63, 3.8) is 0 Å². The summed E-state index contributed by atoms with van der Waals surface area (Å²) in [4.78, 5) is 22.9. The minimum Gasteiger partial charge on any atom is -0.375 e. The molecule has 0 fully saturated rings. The molecule has 0 aromatic heterocycles. The Hall–Kier alpha value is -3.15. The summed E-state index contributed by atoms with van der Waals surface area (Å²) in [5, 5.41) is 17.1. The highest BCUT2D eigenvalue weighted by Gasteiger charge is 2.17. The third-order valence-electron chi connectivity index (χ3n) is 3.61. The van der Waals surface area contributed by atoms with Crippen molar-refractivity contribution >= 4 is 17.3 Å². The Bertz CT molecular complexity index is 758. The average molecular weight is 339 g/mol. The Labute approximate surface area is 146 Å². The normalized spacial score (nSPS) is 10.6. The summed E-state index contributed by atoms with van der Waals surface area (Å²) in [6, 6.07) is 14.1. The fourth-order valence-corrected chi connectivity index (χ4v) is 2.30. The summed E-state index contributed by atoms with van der Waals surface area (Å²) >= 11 is 0. The molecule has 25 heavy (non-hydrogen) atoms. The number of nitro groups is 1. The molecule has 0 aliphatic heterocycles. The van der Waals surface area contributed by atoms with Gasteiger partial charge in [-0.1, -0.05) is 42.5 Å². The second kappa shape index (κ2) is 9.22. The van der Waals surface area contributed by atoms with Crippen molar-refractivity contribution in [2.24, 2.45) is 0 Å². The number of nitro benzene ring substituents is 1. The second-order valence-corrected chi connectivity index (χ2v) is 5.44. The Morgan fingerprint density at radius 1 is 1.20 bits per heavy atom. The van der Waals surface area contributed by atoms with E-state index < -0.39 is 4.92 Å². The quantitative estimate of drug-likeness (QED) is 0.331. The van der Waals surface area contributed by atoms with E-state index in [9.17, 15) is 14.9 Å². The van der Waals surface area contributed by atoms with Crippen LogP contribution in [0, 0.1) is 10.1 Å². The summed E-state index contributed by atoms with van der Waals surface area (Å²) in [6.45, 7) is 2.87. The number of nitrogens with one attached hydrogen (secondary N) is 2. The van der Waals surface area contributed by atoms with Gasteiger partial charge < -0.3 is 10.6 Å². The number of hydrogen-bond donors (Lipinski definition) is 2. The first-order valence-electron chi connectivity index (χ1n) is 8.07. The third kappa shape index (κ3) is 5.46. The molecule has 2 rings (SSSR count). The Balaban J connectivity index is 2.08. The number of carbonyl (C=O) groups excluding carboxylic acids is 1. The van der Waals surface area contributed by atoms with Gasteiger partial charge in [-0.05, 0) is 31.0 Å². The highest BCUT2D eigenvalue weighted by Crippen LogP contribution is 2.26. The van der Waals surface area contributed by atoms with Crippen molar-refractivity contribution in [1.82, 2.24) is 5.32 Å². The molecular formula is C19H21N3O3. The van der Waals surface area contributed by atoms with Crippen LogP contribution in [-0.2, 0) is 6.54 Å². The van der Waals surface area contributed by atoms with E-state index in [-0.39, 0.29) is 17.2 Å². The van der Waals surface area contributed by atoms with Crippen molar-refractivity contribution in [2.45, 2.75) is 19.9 Å². The van der Waals surface area contributed by atoms with Gasteiger partial charge >= 0.3 is 0 Å². The van der Waals surface area contributed by atoms with E-state index in [0.29, 0.717) is 18.8 Å². The lowest BCUT2D eigenvalue weighted by molar-refractivity contribution is -0.384. The first kappa shape index (κ1) is 18.2. The van der Waals surface area contributed by atoms with Crippen LogP contribution in [0.1, 0.15) is 29.3 Å². The second-order valence-electron chi connectivity index (χ2n) is 5.44. The van der Waals surface area contributed by atoms with Crippen LogP contribution in [0.25, 0.3) is 0 Å². The number of carbonyl (C=O) groups is 1. The van der Waals surface area contributed by atoms with Gasteiger partial charge in [0.15, 0.2) is 0 Å². The number of amides is 1. The minimum atomic E-state index is -0.482. The fourth-order valence-electron chi connectivity index (χ4n) is 2.30. The van der Waals surface area contributed by atoms with Crippen LogP contribution in [0.3, 0.4) is 0 Å². The number of allylic oxidation sites excluding steroid dienone is 1. The van der Waals surface area contributed by atoms with Gasteiger partial charge in [-0.2, -0.15) is 0 Å². The number of rotatable bonds is 8. The molecule has 2 aromatic carbocycles. The number of benzene rings is 2. The zero-order chi connectivity index (χ0) is 18.1. The van der Waals surface area contributed by atoms with Crippen LogP contribution < -0.4 is 10.6 Å². The number of anilines is 1. The predicted molar refractivity (Wildman–Crippen MR) is 98.6 cm³/mol. The summed E-state index contributed by atoms with van der Waals surface area (Å²) in [5.74, 6) is -0.317. The van der Waals surface area contributed by atoms with E-state index in [1.165, 1.54) is 6.07 Å². The molecule has 0 aliphatic rings. The maximum atomic E-state index is 12.1. The topological polar surface area (TPSA) is 84.3 Å². The first-order valence-corrected chi connectivity index (χ1v) is 8.07. The van der Waals surface area contributed by atoms with Crippen molar-refractivity contribution in [3.05, 3.63) is 81.9 Å². The van der Waals surface area contributed by atoms with Gasteiger partial charge in [0.1, 0.15) is 5.69 Å². The van der Waals surface area contributed by atoms with Gasteiger partial charge in [-0.25, -0.2) is 0 Å². The van der Waals surface area contributed by atoms with E-state index >= 15 is 0 Å². The molecule has 0 aliphatic carbocycles. The SMILES string of the molecule is C/C=C/CCNC(=O)c1ccc(NCc2ccccc2)c([N+](=O)[O-])c1. The maximum Gasteiger partial charge on any atom is 0.293 e. The Morgan fingerprint density at radius 3 is 2.64 bits per heavy atom. The third-order valence-corrected chi connectivity index (χ3v) is 3.61. The van der Waals surface area contributed by atoms with E-state index in [4.69, 9.17) is 0 Å². The standard InChI is InChI=1S/C19H21N3O3/c1-2-3-7-12-20-19(23)16-10-11-17(18(13-16)22(24)25)21-14-15-8-5-4-6-9-15/h2-6,8-11,13,21H,7,12,14H2,1H3,(H,20,23)/b3-2+. The van der Waals surface area contributed by atoms with E-state index in [1.54, 1.807) is 12.1 Å². The number of nitrogens with zero attached hydrogens (tertiary/aromatic N) is 1. The van der Waals surface area contributed by atoms with Crippen LogP contribution in [0.5, 0.6) is 0 Å². The molecule has 0 saturated carbocycles. The minimum absolute atomic E-state index is 0.114. The zero-order valence-corrected chi connectivity index (χ0v) is 14.1. The molecule has 6 heteroatoms. The lowest BCUT2D eigenvalue weighted by Crippen LogP contribution is -2.24. The highest BCUT2D eigenvalue weighted by molar-refractivity contribution is 5.95. The smallest absolute Gasteiger partial charge is 0.293 e. The maximum absolute atomic E-state index is 12.1. The molecule has 0 radical (unpaired) electrons. The van der Waals surface area contributed by atoms with Gasteiger partial charge in [0.25, 0.3) is 11.6 Å². The Morgan fingerprint density at radius 2 is 1.96 bits per heavy atom. The molecule has 0 unspecified atom stereocenters. The average Bonchev–Trinajstić information content (AvgIpc) is 2.64. The molecule has 130 valence electrons. The highest BCUT2D eigenvalue weighted by atomic mass is 16.6. The van der Waals surface area contributed by atoms with Gasteiger partial charge in [0.2, 0.25) is 0 Å². The van der Waals surface area contributed by atoms with Crippen molar-refractivity contribution in [1.29, 1.82) is 0 Å². The zero-order valence-electron chi connectivity index (χ0n) is 14.1. The molecule has 2 N–H and O–H groups in total. The van der Waals surface area contributed by atoms with Crippen LogP contribution in [0.2, 0.25) is 0 Å². The molecule has 0 atom stereocenters. The van der Waals surface area contributed by atoms with E-state index in [1.807, 2.05) is 49.4 Å². The summed E-state index contributed by atoms with van der Waals surface area (Å²) in [6.07, 6.45) is 4.57. The van der Waals surface area contributed by atoms with Crippen molar-refractivity contribution < 1.29 is 9.72 Å². The molecule has 0 spiro atoms. The monoisotopic (exact) mass is 339 g/mol. The lowest BCUT2D eigenvalue weighted by atomic mass is 10.1. The van der Waals surface area contributed by atoms with Crippen molar-refractivity contribution in [2.75, 3.05) is 11.9 Å². The van der Waals surface area contributed by atoms with Crippen molar-refractivity contribution in [3.8, 4) is 0 Å². The summed E-state index contributed by atoms with van der Waals surface area (Å²) in [5.41, 5.74) is 1.57. The lowest BCUT2D eigenvalue weighted by Gasteiger charge is -2.09. The van der Waals surface area contributed by atoms with Crippen LogP contribution in [-0.4, -0.2) is 17.4 Å². The predicted octanol–water partition coefficient (Wildman–Crippen LogP) is 3.90. The molecule has 6 nitrogen and oxygen atoms in total. The molecule has 1 amide bonds. The fraction of sp³-hybridized carbons (Fsp3) is 0.211. The van der Waals surface area contributed by atoms with Crippen LogP contribution in [0.15, 0.2) is 60.7 Å². The summed E-state index contributed by atoms with van der Waals surface area (Å²) < 4.78 is 0. The molecular weight excluding hydrogens is 318 g/mol. The van der Waals surface area contributed by atoms with Crippen LogP contribution in [0.4, 0.5) is 11.4 Å². The van der Waals surface area contributed by atoms with Gasteiger partial charge in [-0.3, -0.25) is 14.9 Å². The summed E-state index contributed by atoms with van der Waals surface area (Å²) in [7, 11) is 0. The largest absolute Gasteiger partial charge is 0.375 e. The van der Waals surface area contributed by atoms with Gasteiger partial charge in [0, 0.05) is 24.7 Å². The molecule has 0 saturated heterocycles. The van der Waals surface area contributed by atoms with E-state index in [0.717, 1.165) is 12.0 Å². The van der Waals surface area contributed by atoms with Gasteiger partial charge in [0.05, 0.1) is 4.92 Å². The molecule has 0 bridgehead atoms. The molecule has 0 heterocycles.